The molecule has 0 bridgehead atoms. The summed E-state index contributed by atoms with van der Waals surface area (Å²) in [5, 5.41) is 0. The molecule has 0 heterocycles. The van der Waals surface area contributed by atoms with E-state index in [1.54, 1.807) is 6.92 Å². The van der Waals surface area contributed by atoms with Crippen LogP contribution in [0.5, 0.6) is 0 Å². The Kier molecular flexibility index (Phi) is 23.3. The second-order valence-electron chi connectivity index (χ2n) is 19.8. The van der Waals surface area contributed by atoms with Gasteiger partial charge in [-0.25, -0.2) is 35.1 Å². The molecule has 4 rings (SSSR count). The second kappa shape index (κ2) is 20.9. The van der Waals surface area contributed by atoms with E-state index in [9.17, 15) is 35.1 Å². The van der Waals surface area contributed by atoms with E-state index in [2.05, 4.69) is 55.4 Å². The molecule has 0 saturated heterocycles. The number of alkyl halides is 8. The van der Waals surface area contributed by atoms with Crippen molar-refractivity contribution in [3.63, 3.8) is 0 Å². The second-order valence-corrected chi connectivity index (χ2v) is 19.8. The van der Waals surface area contributed by atoms with Crippen molar-refractivity contribution in [1.82, 2.24) is 0 Å². The van der Waals surface area contributed by atoms with Gasteiger partial charge in [0.15, 0.2) is 0 Å². The van der Waals surface area contributed by atoms with Gasteiger partial charge in [0.25, 0.3) is 11.8 Å². The highest BCUT2D eigenvalue weighted by Gasteiger charge is 2.79. The van der Waals surface area contributed by atoms with Gasteiger partial charge < -0.3 is 0 Å². The predicted octanol–water partition coefficient (Wildman–Crippen LogP) is 17.6. The lowest BCUT2D eigenvalue weighted by molar-refractivity contribution is -0.00740. The van der Waals surface area contributed by atoms with E-state index >= 15 is 0 Å². The van der Waals surface area contributed by atoms with Gasteiger partial charge in [-0.3, -0.25) is 0 Å². The first-order chi connectivity index (χ1) is 22.2. The SMILES string of the molecule is C.C.C.C.CC(C)C1C(C(C)C)C1(F)F.CC(C)C1C(F)(F)C1(C)C(C)C.CC(C)C1CC(F)(F)CC1(C)C(C)C.CC(C)C1CC(F)(F)CC1C(C)C. The summed E-state index contributed by atoms with van der Waals surface area (Å²) in [6, 6.07) is 0. The molecular weight excluding hydrogens is 704 g/mol. The van der Waals surface area contributed by atoms with E-state index in [1.165, 1.54) is 0 Å². The molecular formula is C46H92F8. The molecule has 8 unspecified atom stereocenters. The normalized spacial score (nSPS) is 33.4. The zero-order valence-corrected chi connectivity index (χ0v) is 34.9. The number of halogens is 8. The fourth-order valence-corrected chi connectivity index (χ4v) is 10.0. The molecule has 0 aromatic carbocycles. The van der Waals surface area contributed by atoms with Crippen LogP contribution in [0.2, 0.25) is 0 Å². The van der Waals surface area contributed by atoms with Gasteiger partial charge in [0.05, 0.1) is 0 Å². The van der Waals surface area contributed by atoms with Crippen molar-refractivity contribution in [2.45, 2.75) is 204 Å². The molecule has 0 radical (unpaired) electrons. The maximum absolute atomic E-state index is 13.4. The van der Waals surface area contributed by atoms with Crippen LogP contribution in [0.15, 0.2) is 0 Å². The molecule has 332 valence electrons. The summed E-state index contributed by atoms with van der Waals surface area (Å²) in [6.45, 7) is 35.3. The molecule has 0 aromatic heterocycles. The predicted molar refractivity (Wildman–Crippen MR) is 221 cm³/mol. The highest BCUT2D eigenvalue weighted by Crippen LogP contribution is 2.71. The number of rotatable bonds is 8. The Morgan fingerprint density at radius 3 is 0.944 bits per heavy atom. The fourth-order valence-electron chi connectivity index (χ4n) is 10.0. The Balaban J connectivity index is -0.000000302. The minimum Gasteiger partial charge on any atom is -0.207 e. The molecule has 4 aliphatic carbocycles. The minimum atomic E-state index is -2.44. The molecule has 0 aliphatic heterocycles. The summed E-state index contributed by atoms with van der Waals surface area (Å²) < 4.78 is 106. The summed E-state index contributed by atoms with van der Waals surface area (Å²) in [5.41, 5.74) is -0.932. The van der Waals surface area contributed by atoms with E-state index in [1.807, 2.05) is 62.3 Å². The molecule has 54 heavy (non-hydrogen) atoms. The van der Waals surface area contributed by atoms with E-state index in [-0.39, 0.29) is 114 Å². The fraction of sp³-hybridized carbons (Fsp3) is 1.00. The third-order valence-electron chi connectivity index (χ3n) is 13.6. The molecule has 0 nitrogen and oxygen atoms in total. The van der Waals surface area contributed by atoms with Gasteiger partial charge in [0.1, 0.15) is 0 Å². The molecule has 4 aliphatic rings. The summed E-state index contributed by atoms with van der Waals surface area (Å²) in [7, 11) is 0. The van der Waals surface area contributed by atoms with Crippen LogP contribution in [-0.4, -0.2) is 23.7 Å². The van der Waals surface area contributed by atoms with Gasteiger partial charge >= 0.3 is 0 Å². The van der Waals surface area contributed by atoms with Crippen molar-refractivity contribution >= 4 is 0 Å². The molecule has 4 saturated carbocycles. The van der Waals surface area contributed by atoms with Gasteiger partial charge in [-0.1, -0.05) is 154 Å². The lowest BCUT2D eigenvalue weighted by Crippen LogP contribution is -2.31. The van der Waals surface area contributed by atoms with E-state index in [0.717, 1.165) is 0 Å². The van der Waals surface area contributed by atoms with Crippen LogP contribution in [0.25, 0.3) is 0 Å². The molecule has 0 amide bonds. The standard InChI is InChI=1S/C12H22F2.C11H20F2.C10H18F2.C9H16F2.4CH4/c1-8(2)10-6-12(13,14)7-11(10,5)9(3)4;1-7(2)9-5-11(12,13)6-10(9)8(3)4;1-6(2)8-9(5,7(3)4)10(8,11)12;1-5(2)7-8(6(3)4)9(7,10)11;;;;/h8-10H,6-7H2,1-5H3;7-10H,5-6H2,1-4H3;6-8H,1-5H3;5-8H,1-4H3;4*1H4. The van der Waals surface area contributed by atoms with E-state index in [0.29, 0.717) is 23.7 Å². The van der Waals surface area contributed by atoms with Crippen molar-refractivity contribution in [2.75, 3.05) is 0 Å². The Hall–Kier alpha value is -0.560. The van der Waals surface area contributed by atoms with Crippen LogP contribution in [0.4, 0.5) is 35.1 Å². The third-order valence-corrected chi connectivity index (χ3v) is 13.6. The molecule has 0 spiro atoms. The number of hydrogen-bond acceptors (Lipinski definition) is 0. The van der Waals surface area contributed by atoms with Crippen LogP contribution in [-0.2, 0) is 0 Å². The van der Waals surface area contributed by atoms with Crippen LogP contribution >= 0.6 is 0 Å². The zero-order chi connectivity index (χ0) is 39.9. The van der Waals surface area contributed by atoms with Crippen molar-refractivity contribution < 1.29 is 35.1 Å². The van der Waals surface area contributed by atoms with Crippen LogP contribution in [0.1, 0.15) is 180 Å². The topological polar surface area (TPSA) is 0 Å². The van der Waals surface area contributed by atoms with Gasteiger partial charge in [-0.2, -0.15) is 0 Å². The lowest BCUT2D eigenvalue weighted by Gasteiger charge is -2.37. The molecule has 8 atom stereocenters. The highest BCUT2D eigenvalue weighted by atomic mass is 19.3. The first-order valence-corrected chi connectivity index (χ1v) is 19.7. The van der Waals surface area contributed by atoms with Crippen molar-refractivity contribution in [3.05, 3.63) is 0 Å². The Labute approximate surface area is 332 Å². The minimum absolute atomic E-state index is 0. The van der Waals surface area contributed by atoms with Crippen LogP contribution < -0.4 is 0 Å². The zero-order valence-electron chi connectivity index (χ0n) is 34.9. The number of hydrogen-bond donors (Lipinski definition) is 0. The first-order valence-electron chi connectivity index (χ1n) is 19.7. The van der Waals surface area contributed by atoms with Gasteiger partial charge in [0, 0.05) is 48.9 Å². The van der Waals surface area contributed by atoms with Gasteiger partial charge in [-0.05, 0) is 70.5 Å². The Bertz CT molecular complexity index is 1010. The average Bonchev–Trinajstić information content (AvgIpc) is 3.50. The maximum Gasteiger partial charge on any atom is 0.257 e. The smallest absolute Gasteiger partial charge is 0.207 e. The van der Waals surface area contributed by atoms with Crippen LogP contribution in [0, 0.1) is 93.7 Å². The van der Waals surface area contributed by atoms with Gasteiger partial charge in [0.2, 0.25) is 11.8 Å². The first kappa shape index (κ1) is 60.1. The quantitative estimate of drug-likeness (QED) is 0.215. The lowest BCUT2D eigenvalue weighted by atomic mass is 9.67. The highest BCUT2D eigenvalue weighted by molar-refractivity contribution is 5.17. The van der Waals surface area contributed by atoms with E-state index < -0.39 is 35.0 Å². The Morgan fingerprint density at radius 1 is 0.426 bits per heavy atom. The molecule has 0 aromatic rings. The third kappa shape index (κ3) is 13.2. The monoisotopic (exact) mass is 797 g/mol. The van der Waals surface area contributed by atoms with Crippen LogP contribution in [0.3, 0.4) is 0 Å². The average molecular weight is 797 g/mol. The summed E-state index contributed by atoms with van der Waals surface area (Å²) in [6.07, 6.45) is 0.362. The molecule has 4 fully saturated rings. The maximum atomic E-state index is 13.4. The summed E-state index contributed by atoms with van der Waals surface area (Å²) in [5.74, 6) is -8.30. The van der Waals surface area contributed by atoms with Gasteiger partial charge in [-0.15, -0.1) is 0 Å². The summed E-state index contributed by atoms with van der Waals surface area (Å²) in [4.78, 5) is 0. The van der Waals surface area contributed by atoms with Crippen molar-refractivity contribution in [3.8, 4) is 0 Å². The van der Waals surface area contributed by atoms with Crippen molar-refractivity contribution in [2.24, 2.45) is 93.7 Å². The van der Waals surface area contributed by atoms with E-state index in [4.69, 9.17) is 0 Å². The molecule has 8 heteroatoms. The largest absolute Gasteiger partial charge is 0.257 e. The summed E-state index contributed by atoms with van der Waals surface area (Å²) >= 11 is 0. The molecule has 0 N–H and O–H groups in total. The van der Waals surface area contributed by atoms with Crippen molar-refractivity contribution in [1.29, 1.82) is 0 Å². The Morgan fingerprint density at radius 2 is 0.778 bits per heavy atom.